The van der Waals surface area contributed by atoms with Crippen molar-refractivity contribution in [2.45, 2.75) is 37.1 Å². The summed E-state index contributed by atoms with van der Waals surface area (Å²) in [5, 5.41) is 5.36. The lowest BCUT2D eigenvalue weighted by molar-refractivity contribution is -0.120. The summed E-state index contributed by atoms with van der Waals surface area (Å²) in [6.07, 6.45) is 1.13. The number of carbonyl (C=O) groups is 2. The molecule has 1 aromatic carbocycles. The first-order valence-corrected chi connectivity index (χ1v) is 10.2. The predicted octanol–water partition coefficient (Wildman–Crippen LogP) is 0.360. The van der Waals surface area contributed by atoms with Crippen LogP contribution in [0.2, 0.25) is 0 Å². The van der Waals surface area contributed by atoms with Crippen LogP contribution in [0.15, 0.2) is 41.8 Å². The molecule has 2 amide bonds. The highest BCUT2D eigenvalue weighted by Crippen LogP contribution is 2.34. The summed E-state index contributed by atoms with van der Waals surface area (Å²) in [6.45, 7) is 5.82. The van der Waals surface area contributed by atoms with E-state index in [2.05, 4.69) is 17.2 Å². The van der Waals surface area contributed by atoms with Gasteiger partial charge in [0.1, 0.15) is 6.23 Å². The quantitative estimate of drug-likeness (QED) is 0.679. The van der Waals surface area contributed by atoms with Crippen molar-refractivity contribution in [1.29, 1.82) is 0 Å². The van der Waals surface area contributed by atoms with Crippen LogP contribution in [0.3, 0.4) is 0 Å². The van der Waals surface area contributed by atoms with Gasteiger partial charge in [0.15, 0.2) is 0 Å². The van der Waals surface area contributed by atoms with E-state index < -0.39 is 16.3 Å². The molecule has 2 fully saturated rings. The molecular formula is C18H23N3O5S. The van der Waals surface area contributed by atoms with E-state index in [1.807, 2.05) is 0 Å². The van der Waals surface area contributed by atoms with Crippen molar-refractivity contribution in [2.75, 3.05) is 13.1 Å². The van der Waals surface area contributed by atoms with Gasteiger partial charge in [0.25, 0.3) is 0 Å². The molecule has 2 N–H and O–H groups in total. The number of amides is 2. The van der Waals surface area contributed by atoms with Gasteiger partial charge in [-0.2, -0.15) is 4.31 Å². The summed E-state index contributed by atoms with van der Waals surface area (Å²) >= 11 is 0. The standard InChI is InChI=1S/C18H23N3O5S/c1-3-17(23)20-18-8-14-10-21(11-16(14)26-18)27(24,25)15-6-4-13(5-7-15)9-19-12(2)22/h3-7,14,16,18H,1,8-11H2,2H3,(H,19,22)(H,20,23). The van der Waals surface area contributed by atoms with Gasteiger partial charge in [-0.05, 0) is 30.2 Å². The largest absolute Gasteiger partial charge is 0.354 e. The van der Waals surface area contributed by atoms with Crippen LogP contribution in [-0.4, -0.2) is 50.0 Å². The van der Waals surface area contributed by atoms with Crippen LogP contribution in [0.25, 0.3) is 0 Å². The van der Waals surface area contributed by atoms with E-state index in [-0.39, 0.29) is 35.3 Å². The number of ether oxygens (including phenoxy) is 1. The number of sulfonamides is 1. The minimum Gasteiger partial charge on any atom is -0.354 e. The fraction of sp³-hybridized carbons (Fsp3) is 0.444. The van der Waals surface area contributed by atoms with E-state index in [0.717, 1.165) is 5.56 Å². The van der Waals surface area contributed by atoms with Gasteiger partial charge in [0.2, 0.25) is 21.8 Å². The topological polar surface area (TPSA) is 105 Å². The predicted molar refractivity (Wildman–Crippen MR) is 97.8 cm³/mol. The molecule has 3 rings (SSSR count). The molecule has 0 bridgehead atoms. The van der Waals surface area contributed by atoms with Crippen molar-refractivity contribution in [1.82, 2.24) is 14.9 Å². The molecule has 0 radical (unpaired) electrons. The van der Waals surface area contributed by atoms with E-state index in [4.69, 9.17) is 4.74 Å². The number of carbonyl (C=O) groups excluding carboxylic acids is 2. The Morgan fingerprint density at radius 2 is 2.00 bits per heavy atom. The van der Waals surface area contributed by atoms with Crippen LogP contribution in [0.1, 0.15) is 18.9 Å². The molecule has 2 saturated heterocycles. The second kappa shape index (κ2) is 7.79. The zero-order valence-corrected chi connectivity index (χ0v) is 15.9. The minimum atomic E-state index is -3.61. The van der Waals surface area contributed by atoms with Gasteiger partial charge in [-0.15, -0.1) is 0 Å². The summed E-state index contributed by atoms with van der Waals surface area (Å²) in [4.78, 5) is 22.5. The van der Waals surface area contributed by atoms with Crippen molar-refractivity contribution < 1.29 is 22.7 Å². The van der Waals surface area contributed by atoms with Crippen LogP contribution >= 0.6 is 0 Å². The number of nitrogens with zero attached hydrogens (tertiary/aromatic N) is 1. The van der Waals surface area contributed by atoms with E-state index in [0.29, 0.717) is 19.5 Å². The molecule has 0 spiro atoms. The van der Waals surface area contributed by atoms with Gasteiger partial charge in [-0.25, -0.2) is 8.42 Å². The molecule has 8 nitrogen and oxygen atoms in total. The summed E-state index contributed by atoms with van der Waals surface area (Å²) in [6, 6.07) is 6.48. The molecule has 2 aliphatic rings. The fourth-order valence-electron chi connectivity index (χ4n) is 3.39. The maximum Gasteiger partial charge on any atom is 0.245 e. The van der Waals surface area contributed by atoms with Crippen molar-refractivity contribution in [3.05, 3.63) is 42.5 Å². The van der Waals surface area contributed by atoms with E-state index in [1.165, 1.54) is 17.3 Å². The van der Waals surface area contributed by atoms with Gasteiger partial charge in [0.05, 0.1) is 11.0 Å². The smallest absolute Gasteiger partial charge is 0.245 e. The first kappa shape index (κ1) is 19.5. The second-order valence-corrected chi connectivity index (χ2v) is 8.69. The molecule has 9 heteroatoms. The summed E-state index contributed by atoms with van der Waals surface area (Å²) < 4.78 is 32.9. The van der Waals surface area contributed by atoms with Crippen LogP contribution in [0, 0.1) is 5.92 Å². The molecule has 0 saturated carbocycles. The number of benzene rings is 1. The molecule has 2 aliphatic heterocycles. The lowest BCUT2D eigenvalue weighted by Crippen LogP contribution is -2.37. The Bertz CT molecular complexity index is 823. The molecular weight excluding hydrogens is 370 g/mol. The summed E-state index contributed by atoms with van der Waals surface area (Å²) in [7, 11) is -3.61. The van der Waals surface area contributed by atoms with E-state index in [1.54, 1.807) is 24.3 Å². The first-order valence-electron chi connectivity index (χ1n) is 8.71. The highest BCUT2D eigenvalue weighted by molar-refractivity contribution is 7.89. The van der Waals surface area contributed by atoms with E-state index in [9.17, 15) is 18.0 Å². The van der Waals surface area contributed by atoms with Crippen LogP contribution in [-0.2, 0) is 30.9 Å². The number of fused-ring (bicyclic) bond motifs is 1. The third-order valence-corrected chi connectivity index (χ3v) is 6.64. The molecule has 2 heterocycles. The SMILES string of the molecule is C=CC(=O)NC1CC2CN(S(=O)(=O)c3ccc(CNC(C)=O)cc3)CC2O1. The Morgan fingerprint density at radius 1 is 1.30 bits per heavy atom. The zero-order valence-electron chi connectivity index (χ0n) is 15.1. The monoisotopic (exact) mass is 393 g/mol. The molecule has 3 atom stereocenters. The Balaban J connectivity index is 1.62. The third kappa shape index (κ3) is 4.37. The van der Waals surface area contributed by atoms with Gasteiger partial charge in [-0.1, -0.05) is 18.7 Å². The van der Waals surface area contributed by atoms with Gasteiger partial charge in [0, 0.05) is 32.5 Å². The fourth-order valence-corrected chi connectivity index (χ4v) is 4.90. The van der Waals surface area contributed by atoms with Crippen LogP contribution in [0.4, 0.5) is 0 Å². The van der Waals surface area contributed by atoms with Crippen molar-refractivity contribution in [3.8, 4) is 0 Å². The first-order chi connectivity index (χ1) is 12.8. The summed E-state index contributed by atoms with van der Waals surface area (Å²) in [5.74, 6) is -0.393. The normalized spacial score (nSPS) is 25.0. The maximum absolute atomic E-state index is 12.9. The second-order valence-electron chi connectivity index (χ2n) is 6.75. The Hall–Kier alpha value is -2.23. The zero-order chi connectivity index (χ0) is 19.6. The Kier molecular flexibility index (Phi) is 5.64. The minimum absolute atomic E-state index is 0.0499. The highest BCUT2D eigenvalue weighted by atomic mass is 32.2. The van der Waals surface area contributed by atoms with E-state index >= 15 is 0 Å². The van der Waals surface area contributed by atoms with Gasteiger partial charge >= 0.3 is 0 Å². The number of nitrogens with one attached hydrogen (secondary N) is 2. The molecule has 0 aromatic heterocycles. The number of rotatable bonds is 6. The lowest BCUT2D eigenvalue weighted by atomic mass is 10.1. The van der Waals surface area contributed by atoms with Crippen molar-refractivity contribution in [3.63, 3.8) is 0 Å². The molecule has 0 aliphatic carbocycles. The average molecular weight is 393 g/mol. The molecule has 1 aromatic rings. The molecule has 3 unspecified atom stereocenters. The van der Waals surface area contributed by atoms with Crippen LogP contribution < -0.4 is 10.6 Å². The Morgan fingerprint density at radius 3 is 2.59 bits per heavy atom. The lowest BCUT2D eigenvalue weighted by Gasteiger charge is -2.19. The van der Waals surface area contributed by atoms with Crippen molar-refractivity contribution >= 4 is 21.8 Å². The Labute approximate surface area is 158 Å². The molecule has 27 heavy (non-hydrogen) atoms. The molecule has 146 valence electrons. The maximum atomic E-state index is 12.9. The highest BCUT2D eigenvalue weighted by Gasteiger charge is 2.46. The number of hydrogen-bond donors (Lipinski definition) is 2. The third-order valence-electron chi connectivity index (χ3n) is 4.79. The van der Waals surface area contributed by atoms with Crippen molar-refractivity contribution in [2.24, 2.45) is 5.92 Å². The number of hydrogen-bond acceptors (Lipinski definition) is 5. The van der Waals surface area contributed by atoms with Crippen LogP contribution in [0.5, 0.6) is 0 Å². The van der Waals surface area contributed by atoms with Gasteiger partial charge in [-0.3, -0.25) is 9.59 Å². The van der Waals surface area contributed by atoms with Gasteiger partial charge < -0.3 is 15.4 Å². The average Bonchev–Trinajstić information content (AvgIpc) is 3.19. The summed E-state index contributed by atoms with van der Waals surface area (Å²) in [5.41, 5.74) is 0.826.